The number of hydrogen-bond donors (Lipinski definition) is 1. The highest BCUT2D eigenvalue weighted by molar-refractivity contribution is 7.89. The number of hydrogen-bond acceptors (Lipinski definition) is 6. The van der Waals surface area contributed by atoms with Gasteiger partial charge >= 0.3 is 0 Å². The van der Waals surface area contributed by atoms with Crippen molar-refractivity contribution in [1.29, 1.82) is 0 Å². The first-order chi connectivity index (χ1) is 13.7. The minimum atomic E-state index is -3.58. The zero-order valence-corrected chi connectivity index (χ0v) is 18.0. The molecular weight excluding hydrogens is 390 g/mol. The van der Waals surface area contributed by atoms with E-state index < -0.39 is 10.0 Å². The first kappa shape index (κ1) is 21.2. The Balaban J connectivity index is 1.92. The van der Waals surface area contributed by atoms with Crippen LogP contribution in [0.1, 0.15) is 42.2 Å². The summed E-state index contributed by atoms with van der Waals surface area (Å²) in [4.78, 5) is 23.6. The zero-order valence-electron chi connectivity index (χ0n) is 17.2. The van der Waals surface area contributed by atoms with E-state index in [1.807, 2.05) is 27.9 Å². The van der Waals surface area contributed by atoms with Crippen LogP contribution in [0.2, 0.25) is 0 Å². The molecule has 156 valence electrons. The van der Waals surface area contributed by atoms with Gasteiger partial charge in [0.05, 0.1) is 16.2 Å². The van der Waals surface area contributed by atoms with Crippen molar-refractivity contribution in [1.82, 2.24) is 19.6 Å². The lowest BCUT2D eigenvalue weighted by Gasteiger charge is -2.19. The predicted molar refractivity (Wildman–Crippen MR) is 112 cm³/mol. The summed E-state index contributed by atoms with van der Waals surface area (Å²) < 4.78 is 27.4. The van der Waals surface area contributed by atoms with Crippen molar-refractivity contribution in [2.45, 2.75) is 37.1 Å². The summed E-state index contributed by atoms with van der Waals surface area (Å²) in [5.74, 6) is 0.0678. The molecule has 1 saturated heterocycles. The number of aromatic nitrogens is 2. The molecular formula is C20H27N5O3S. The number of amides is 1. The third-order valence-corrected chi connectivity index (χ3v) is 6.67. The van der Waals surface area contributed by atoms with Gasteiger partial charge in [0, 0.05) is 45.3 Å². The van der Waals surface area contributed by atoms with Gasteiger partial charge in [-0.1, -0.05) is 18.2 Å². The number of sulfonamides is 1. The van der Waals surface area contributed by atoms with Crippen LogP contribution in [0.15, 0.2) is 41.4 Å². The van der Waals surface area contributed by atoms with E-state index in [2.05, 4.69) is 15.3 Å². The summed E-state index contributed by atoms with van der Waals surface area (Å²) in [5.41, 5.74) is 0.987. The SMILES string of the molecule is CC(C)NC(=O)c1cnc(N(C)C)nc1C1CCN(S(=O)(=O)c2ccccc2)C1. The van der Waals surface area contributed by atoms with Crippen LogP contribution >= 0.6 is 0 Å². The summed E-state index contributed by atoms with van der Waals surface area (Å²) in [7, 11) is 0.0751. The normalized spacial score (nSPS) is 17.5. The molecule has 0 spiro atoms. The first-order valence-electron chi connectivity index (χ1n) is 9.60. The van der Waals surface area contributed by atoms with Crippen molar-refractivity contribution in [2.24, 2.45) is 0 Å². The maximum atomic E-state index is 13.0. The van der Waals surface area contributed by atoms with Gasteiger partial charge in [-0.2, -0.15) is 4.31 Å². The van der Waals surface area contributed by atoms with Crippen LogP contribution in [-0.4, -0.2) is 61.8 Å². The maximum absolute atomic E-state index is 13.0. The monoisotopic (exact) mass is 417 g/mol. The minimum Gasteiger partial charge on any atom is -0.350 e. The fourth-order valence-corrected chi connectivity index (χ4v) is 4.86. The molecule has 2 heterocycles. The molecule has 8 nitrogen and oxygen atoms in total. The average molecular weight is 418 g/mol. The van der Waals surface area contributed by atoms with Gasteiger partial charge in [-0.25, -0.2) is 18.4 Å². The molecule has 0 radical (unpaired) electrons. The van der Waals surface area contributed by atoms with Gasteiger partial charge in [-0.05, 0) is 32.4 Å². The fraction of sp³-hybridized carbons (Fsp3) is 0.450. The fourth-order valence-electron chi connectivity index (χ4n) is 3.34. The summed E-state index contributed by atoms with van der Waals surface area (Å²) in [6.07, 6.45) is 2.13. The zero-order chi connectivity index (χ0) is 21.2. The molecule has 1 N–H and O–H groups in total. The van der Waals surface area contributed by atoms with E-state index in [1.165, 1.54) is 10.5 Å². The summed E-state index contributed by atoms with van der Waals surface area (Å²) in [6.45, 7) is 4.43. The van der Waals surface area contributed by atoms with Crippen LogP contribution in [0.5, 0.6) is 0 Å². The standard InChI is InChI=1S/C20H27N5O3S/c1-14(2)22-19(26)17-12-21-20(24(3)4)23-18(17)15-10-11-25(13-15)29(27,28)16-8-6-5-7-9-16/h5-9,12,14-15H,10-11,13H2,1-4H3,(H,22,26). The van der Waals surface area contributed by atoms with E-state index in [9.17, 15) is 13.2 Å². The molecule has 2 aromatic rings. The van der Waals surface area contributed by atoms with Crippen LogP contribution in [0, 0.1) is 0 Å². The molecule has 1 unspecified atom stereocenters. The van der Waals surface area contributed by atoms with Crippen LogP contribution < -0.4 is 10.2 Å². The van der Waals surface area contributed by atoms with Crippen LogP contribution in [0.4, 0.5) is 5.95 Å². The van der Waals surface area contributed by atoms with E-state index in [1.54, 1.807) is 35.2 Å². The lowest BCUT2D eigenvalue weighted by molar-refractivity contribution is 0.0941. The molecule has 29 heavy (non-hydrogen) atoms. The largest absolute Gasteiger partial charge is 0.350 e. The van der Waals surface area contributed by atoms with Gasteiger partial charge in [-0.3, -0.25) is 4.79 Å². The first-order valence-corrected chi connectivity index (χ1v) is 11.0. The second kappa shape index (κ2) is 8.46. The van der Waals surface area contributed by atoms with E-state index in [0.29, 0.717) is 30.2 Å². The summed E-state index contributed by atoms with van der Waals surface area (Å²) >= 11 is 0. The van der Waals surface area contributed by atoms with E-state index in [-0.39, 0.29) is 29.3 Å². The number of anilines is 1. The molecule has 1 fully saturated rings. The van der Waals surface area contributed by atoms with Gasteiger partial charge in [0.15, 0.2) is 0 Å². The second-order valence-corrected chi connectivity index (χ2v) is 9.59. The molecule has 1 amide bonds. The van der Waals surface area contributed by atoms with Crippen LogP contribution in [0.3, 0.4) is 0 Å². The molecule has 1 aliphatic rings. The molecule has 1 atom stereocenters. The molecule has 9 heteroatoms. The van der Waals surface area contributed by atoms with Gasteiger partial charge in [0.25, 0.3) is 5.91 Å². The Kier molecular flexibility index (Phi) is 6.18. The average Bonchev–Trinajstić information content (AvgIpc) is 3.18. The van der Waals surface area contributed by atoms with Crippen molar-refractivity contribution in [2.75, 3.05) is 32.1 Å². The molecule has 0 aliphatic carbocycles. The molecule has 1 aromatic carbocycles. The lowest BCUT2D eigenvalue weighted by Crippen LogP contribution is -2.32. The summed E-state index contributed by atoms with van der Waals surface area (Å²) in [5, 5.41) is 2.87. The van der Waals surface area contributed by atoms with Gasteiger partial charge in [0.2, 0.25) is 16.0 Å². The molecule has 1 aromatic heterocycles. The topological polar surface area (TPSA) is 95.5 Å². The number of nitrogens with one attached hydrogen (secondary N) is 1. The Labute approximate surface area is 172 Å². The number of carbonyl (C=O) groups is 1. The van der Waals surface area contributed by atoms with Crippen molar-refractivity contribution in [3.8, 4) is 0 Å². The highest BCUT2D eigenvalue weighted by Crippen LogP contribution is 2.32. The quantitative estimate of drug-likeness (QED) is 0.771. The van der Waals surface area contributed by atoms with E-state index in [4.69, 9.17) is 0 Å². The predicted octanol–water partition coefficient (Wildman–Crippen LogP) is 1.86. The Hall–Kier alpha value is -2.52. The van der Waals surface area contributed by atoms with Gasteiger partial charge in [-0.15, -0.1) is 0 Å². The Morgan fingerprint density at radius 1 is 1.24 bits per heavy atom. The molecule has 0 saturated carbocycles. The molecule has 3 rings (SSSR count). The highest BCUT2D eigenvalue weighted by atomic mass is 32.2. The smallest absolute Gasteiger partial charge is 0.254 e. The highest BCUT2D eigenvalue weighted by Gasteiger charge is 2.36. The minimum absolute atomic E-state index is 0.0255. The Bertz CT molecular complexity index is 977. The maximum Gasteiger partial charge on any atom is 0.254 e. The summed E-state index contributed by atoms with van der Waals surface area (Å²) in [6, 6.07) is 8.38. The molecule has 0 bridgehead atoms. The number of benzene rings is 1. The third kappa shape index (κ3) is 4.56. The van der Waals surface area contributed by atoms with Gasteiger partial charge in [0.1, 0.15) is 0 Å². The number of nitrogens with zero attached hydrogens (tertiary/aromatic N) is 4. The number of rotatable bonds is 6. The molecule has 1 aliphatic heterocycles. The second-order valence-electron chi connectivity index (χ2n) is 7.65. The van der Waals surface area contributed by atoms with Crippen LogP contribution in [-0.2, 0) is 10.0 Å². The van der Waals surface area contributed by atoms with Crippen molar-refractivity contribution in [3.05, 3.63) is 47.8 Å². The third-order valence-electron chi connectivity index (χ3n) is 4.79. The van der Waals surface area contributed by atoms with Crippen LogP contribution in [0.25, 0.3) is 0 Å². The van der Waals surface area contributed by atoms with E-state index >= 15 is 0 Å². The lowest BCUT2D eigenvalue weighted by atomic mass is 9.99. The van der Waals surface area contributed by atoms with Gasteiger partial charge < -0.3 is 10.2 Å². The van der Waals surface area contributed by atoms with E-state index in [0.717, 1.165) is 0 Å². The Morgan fingerprint density at radius 3 is 2.55 bits per heavy atom. The number of carbonyl (C=O) groups excluding carboxylic acids is 1. The van der Waals surface area contributed by atoms with Crippen molar-refractivity contribution < 1.29 is 13.2 Å². The Morgan fingerprint density at radius 2 is 1.93 bits per heavy atom. The van der Waals surface area contributed by atoms with Crippen molar-refractivity contribution in [3.63, 3.8) is 0 Å². The van der Waals surface area contributed by atoms with Crippen molar-refractivity contribution >= 4 is 21.9 Å².